The summed E-state index contributed by atoms with van der Waals surface area (Å²) in [6.45, 7) is 6.15. The molecule has 0 aliphatic heterocycles. The number of anilines is 1. The lowest BCUT2D eigenvalue weighted by atomic mass is 9.84. The van der Waals surface area contributed by atoms with E-state index in [0.29, 0.717) is 28.2 Å². The van der Waals surface area contributed by atoms with Crippen molar-refractivity contribution in [1.29, 1.82) is 0 Å². The average molecular weight is 474 g/mol. The molecule has 3 aromatic rings. The summed E-state index contributed by atoms with van der Waals surface area (Å²) in [6.07, 6.45) is 3.25. The summed E-state index contributed by atoms with van der Waals surface area (Å²) >= 11 is 0. The summed E-state index contributed by atoms with van der Waals surface area (Å²) < 4.78 is 40.5. The number of rotatable bonds is 6. The van der Waals surface area contributed by atoms with Gasteiger partial charge in [-0.05, 0) is 69.7 Å². The van der Waals surface area contributed by atoms with Crippen molar-refractivity contribution in [2.24, 2.45) is 5.92 Å². The number of alkyl halides is 3. The molecular weight excluding hydrogens is 443 g/mol. The van der Waals surface area contributed by atoms with E-state index in [-0.39, 0.29) is 18.0 Å². The second kappa shape index (κ2) is 9.64. The molecule has 1 fully saturated rings. The van der Waals surface area contributed by atoms with Gasteiger partial charge in [0, 0.05) is 18.3 Å². The van der Waals surface area contributed by atoms with Crippen LogP contribution in [0.1, 0.15) is 68.8 Å². The van der Waals surface area contributed by atoms with Gasteiger partial charge in [-0.2, -0.15) is 18.3 Å². The van der Waals surface area contributed by atoms with Gasteiger partial charge in [-0.25, -0.2) is 4.52 Å². The zero-order valence-electron chi connectivity index (χ0n) is 19.6. The van der Waals surface area contributed by atoms with Crippen molar-refractivity contribution in [1.82, 2.24) is 19.9 Å². The quantitative estimate of drug-likeness (QED) is 0.465. The molecule has 0 unspecified atom stereocenters. The monoisotopic (exact) mass is 473 g/mol. The number of hydrogen-bond donors (Lipinski definition) is 2. The Balaban J connectivity index is 1.61. The smallest absolute Gasteiger partial charge is 0.382 e. The second-order valence-corrected chi connectivity index (χ2v) is 9.31. The average Bonchev–Trinajstić information content (AvgIpc) is 3.22. The molecule has 0 radical (unpaired) electrons. The van der Waals surface area contributed by atoms with Crippen LogP contribution in [0.3, 0.4) is 0 Å². The molecule has 9 heteroatoms. The van der Waals surface area contributed by atoms with E-state index < -0.39 is 11.7 Å². The number of halogens is 3. The van der Waals surface area contributed by atoms with Crippen molar-refractivity contribution in [3.05, 3.63) is 47.8 Å². The zero-order valence-corrected chi connectivity index (χ0v) is 19.6. The first-order valence-corrected chi connectivity index (χ1v) is 11.8. The largest absolute Gasteiger partial charge is 0.418 e. The van der Waals surface area contributed by atoms with Gasteiger partial charge in [-0.3, -0.25) is 9.78 Å². The minimum Gasteiger partial charge on any atom is -0.382 e. The normalized spacial score (nSPS) is 18.9. The molecular formula is C25H30F3N5O. The fourth-order valence-corrected chi connectivity index (χ4v) is 4.53. The lowest BCUT2D eigenvalue weighted by Crippen LogP contribution is -2.38. The molecule has 3 aromatic heterocycles. The summed E-state index contributed by atoms with van der Waals surface area (Å²) in [5.74, 6) is 0.570. The Morgan fingerprint density at radius 2 is 1.88 bits per heavy atom. The number of carbonyl (C=O) groups excluding carboxylic acids is 1. The van der Waals surface area contributed by atoms with Gasteiger partial charge >= 0.3 is 6.18 Å². The van der Waals surface area contributed by atoms with Crippen LogP contribution in [-0.4, -0.2) is 32.6 Å². The molecule has 1 amide bonds. The number of aromatic nitrogens is 3. The number of nitrogens with one attached hydrogen (secondary N) is 2. The van der Waals surface area contributed by atoms with Gasteiger partial charge in [0.25, 0.3) is 5.91 Å². The van der Waals surface area contributed by atoms with Gasteiger partial charge in [0.2, 0.25) is 0 Å². The first-order valence-electron chi connectivity index (χ1n) is 11.8. The van der Waals surface area contributed by atoms with Crippen molar-refractivity contribution in [3.8, 4) is 11.4 Å². The third-order valence-electron chi connectivity index (χ3n) is 6.44. The van der Waals surface area contributed by atoms with Gasteiger partial charge in [-0.15, -0.1) is 0 Å². The van der Waals surface area contributed by atoms with Gasteiger partial charge in [0.05, 0.1) is 39.9 Å². The second-order valence-electron chi connectivity index (χ2n) is 9.31. The van der Waals surface area contributed by atoms with E-state index in [1.54, 1.807) is 18.2 Å². The van der Waals surface area contributed by atoms with Crippen LogP contribution in [0.5, 0.6) is 0 Å². The van der Waals surface area contributed by atoms with E-state index in [4.69, 9.17) is 0 Å². The van der Waals surface area contributed by atoms with Crippen LogP contribution in [0, 0.1) is 5.92 Å². The number of fused-ring (bicyclic) bond motifs is 1. The number of hydrogen-bond acceptors (Lipinski definition) is 4. The van der Waals surface area contributed by atoms with Crippen LogP contribution in [0.2, 0.25) is 0 Å². The maximum absolute atomic E-state index is 13.1. The number of nitrogens with zero attached hydrogens (tertiary/aromatic N) is 3. The highest BCUT2D eigenvalue weighted by Crippen LogP contribution is 2.32. The maximum Gasteiger partial charge on any atom is 0.418 e. The fourth-order valence-electron chi connectivity index (χ4n) is 4.53. The van der Waals surface area contributed by atoms with Gasteiger partial charge < -0.3 is 10.6 Å². The highest BCUT2D eigenvalue weighted by molar-refractivity contribution is 6.00. The number of carbonyl (C=O) groups is 1. The van der Waals surface area contributed by atoms with E-state index >= 15 is 0 Å². The zero-order chi connectivity index (χ0) is 24.5. The van der Waals surface area contributed by atoms with Crippen molar-refractivity contribution >= 4 is 17.1 Å². The Kier molecular flexibility index (Phi) is 6.81. The summed E-state index contributed by atoms with van der Waals surface area (Å²) in [7, 11) is 0. The fraction of sp³-hybridized carbons (Fsp3) is 0.480. The minimum atomic E-state index is -4.46. The van der Waals surface area contributed by atoms with Crippen LogP contribution in [0.25, 0.3) is 16.9 Å². The molecule has 1 aliphatic carbocycles. The molecule has 3 heterocycles. The van der Waals surface area contributed by atoms with E-state index in [1.807, 2.05) is 13.8 Å². The lowest BCUT2D eigenvalue weighted by Gasteiger charge is -2.28. The van der Waals surface area contributed by atoms with Crippen LogP contribution >= 0.6 is 0 Å². The highest BCUT2D eigenvalue weighted by Gasteiger charge is 2.31. The van der Waals surface area contributed by atoms with E-state index in [1.165, 1.54) is 17.1 Å². The molecule has 1 saturated carbocycles. The van der Waals surface area contributed by atoms with Crippen LogP contribution < -0.4 is 10.6 Å². The summed E-state index contributed by atoms with van der Waals surface area (Å²) in [5, 5.41) is 10.4. The summed E-state index contributed by atoms with van der Waals surface area (Å²) in [4.78, 5) is 17.6. The Morgan fingerprint density at radius 3 is 2.53 bits per heavy atom. The van der Waals surface area contributed by atoms with Crippen LogP contribution in [-0.2, 0) is 6.18 Å². The summed E-state index contributed by atoms with van der Waals surface area (Å²) in [5.41, 5.74) is 1.63. The molecule has 0 atom stereocenters. The lowest BCUT2D eigenvalue weighted by molar-refractivity contribution is -0.137. The number of pyridine rings is 1. The molecule has 0 bridgehead atoms. The maximum atomic E-state index is 13.1. The van der Waals surface area contributed by atoms with E-state index in [9.17, 15) is 18.0 Å². The third-order valence-corrected chi connectivity index (χ3v) is 6.44. The van der Waals surface area contributed by atoms with Crippen molar-refractivity contribution < 1.29 is 18.0 Å². The van der Waals surface area contributed by atoms with Crippen molar-refractivity contribution in [3.63, 3.8) is 0 Å². The SMILES string of the molecule is CCC1CCC(NC(=O)c2cnc(-c3ccc4cc(C(F)(F)F)cnn34)cc2NC(C)C)CC1. The van der Waals surface area contributed by atoms with E-state index in [0.717, 1.165) is 43.9 Å². The van der Waals surface area contributed by atoms with Crippen molar-refractivity contribution in [2.45, 2.75) is 71.1 Å². The molecule has 1 aliphatic rings. The predicted octanol–water partition coefficient (Wildman–Crippen LogP) is 5.93. The van der Waals surface area contributed by atoms with Crippen molar-refractivity contribution in [2.75, 3.05) is 5.32 Å². The number of amides is 1. The molecule has 4 rings (SSSR count). The molecule has 34 heavy (non-hydrogen) atoms. The Hall–Kier alpha value is -3.10. The standard InChI is InChI=1S/C25H30F3N5O/c1-4-16-5-7-18(8-6-16)32-24(34)20-14-29-22(12-21(20)31-15(2)3)23-10-9-19-11-17(25(26,27)28)13-30-33(19)23/h9-16,18H,4-8H2,1-3H3,(H,29,31)(H,32,34). The van der Waals surface area contributed by atoms with Crippen LogP contribution in [0.15, 0.2) is 36.7 Å². The third kappa shape index (κ3) is 5.18. The predicted molar refractivity (Wildman–Crippen MR) is 126 cm³/mol. The molecule has 0 spiro atoms. The summed E-state index contributed by atoms with van der Waals surface area (Å²) in [6, 6.07) is 6.28. The van der Waals surface area contributed by atoms with Gasteiger partial charge in [0.1, 0.15) is 0 Å². The Labute approximate surface area is 197 Å². The first kappa shape index (κ1) is 24.0. The molecule has 0 saturated heterocycles. The topological polar surface area (TPSA) is 71.3 Å². The molecule has 182 valence electrons. The Bertz CT molecular complexity index is 1160. The van der Waals surface area contributed by atoms with E-state index in [2.05, 4.69) is 27.6 Å². The highest BCUT2D eigenvalue weighted by atomic mass is 19.4. The van der Waals surface area contributed by atoms with Gasteiger partial charge in [0.15, 0.2) is 0 Å². The molecule has 6 nitrogen and oxygen atoms in total. The molecule has 0 aromatic carbocycles. The minimum absolute atomic E-state index is 0.0679. The van der Waals surface area contributed by atoms with Crippen LogP contribution in [0.4, 0.5) is 18.9 Å². The molecule has 2 N–H and O–H groups in total. The first-order chi connectivity index (χ1) is 16.2. The Morgan fingerprint density at radius 1 is 1.15 bits per heavy atom. The van der Waals surface area contributed by atoms with Gasteiger partial charge in [-0.1, -0.05) is 13.3 Å².